The highest BCUT2D eigenvalue weighted by Crippen LogP contribution is 2.37. The Labute approximate surface area is 110 Å². The monoisotopic (exact) mass is 253 g/mol. The van der Waals surface area contributed by atoms with E-state index in [0.29, 0.717) is 0 Å². The zero-order chi connectivity index (χ0) is 13.6. The van der Waals surface area contributed by atoms with E-state index in [9.17, 15) is 0 Å². The molecular formula is C14H27N3O. The maximum absolute atomic E-state index is 5.83. The molecule has 1 rings (SSSR count). The molecule has 0 aliphatic heterocycles. The molecular weight excluding hydrogens is 226 g/mol. The van der Waals surface area contributed by atoms with Crippen LogP contribution in [0.2, 0.25) is 0 Å². The molecule has 0 spiro atoms. The molecule has 0 aliphatic carbocycles. The van der Waals surface area contributed by atoms with Crippen LogP contribution in [0.15, 0.2) is 23.0 Å². The van der Waals surface area contributed by atoms with E-state index < -0.39 is 0 Å². The Morgan fingerprint density at radius 2 is 1.89 bits per heavy atom. The number of nitrogens with two attached hydrogens (primary N) is 1. The molecule has 1 heterocycles. The highest BCUT2D eigenvalue weighted by Gasteiger charge is 2.40. The minimum absolute atomic E-state index is 0.0299. The molecule has 0 fully saturated rings. The van der Waals surface area contributed by atoms with Crippen LogP contribution in [0.25, 0.3) is 0 Å². The van der Waals surface area contributed by atoms with Gasteiger partial charge in [-0.25, -0.2) is 0 Å². The summed E-state index contributed by atoms with van der Waals surface area (Å²) in [6.45, 7) is 10.9. The van der Waals surface area contributed by atoms with E-state index in [1.54, 1.807) is 12.5 Å². The normalized spacial score (nSPS) is 14.1. The lowest BCUT2D eigenvalue weighted by Gasteiger charge is -2.47. The first-order chi connectivity index (χ1) is 8.69. The molecule has 1 atom stereocenters. The van der Waals surface area contributed by atoms with Crippen LogP contribution in [-0.2, 0) is 0 Å². The Balaban J connectivity index is 3.15. The van der Waals surface area contributed by atoms with Crippen molar-refractivity contribution in [2.45, 2.75) is 52.1 Å². The lowest BCUT2D eigenvalue weighted by atomic mass is 9.80. The summed E-state index contributed by atoms with van der Waals surface area (Å²) in [5, 5.41) is 0. The van der Waals surface area contributed by atoms with Crippen molar-refractivity contribution in [3.8, 4) is 0 Å². The summed E-state index contributed by atoms with van der Waals surface area (Å²) in [5.41, 5.74) is 4.14. The number of nitrogens with one attached hydrogen (secondary N) is 1. The van der Waals surface area contributed by atoms with Gasteiger partial charge in [0.15, 0.2) is 0 Å². The van der Waals surface area contributed by atoms with Gasteiger partial charge in [0.25, 0.3) is 0 Å². The van der Waals surface area contributed by atoms with Crippen molar-refractivity contribution >= 4 is 0 Å². The maximum Gasteiger partial charge on any atom is 0.0951 e. The standard InChI is InChI=1S/C14H27N3O/c1-5-14(6-2,17(7-3)8-4)13(16-15)12-9-10-18-11-12/h9-11,13,16H,5-8,15H2,1-4H3. The Morgan fingerprint density at radius 1 is 1.28 bits per heavy atom. The topological polar surface area (TPSA) is 54.4 Å². The van der Waals surface area contributed by atoms with Crippen LogP contribution in [-0.4, -0.2) is 23.5 Å². The largest absolute Gasteiger partial charge is 0.472 e. The predicted octanol–water partition coefficient (Wildman–Crippen LogP) is 2.68. The summed E-state index contributed by atoms with van der Waals surface area (Å²) < 4.78 is 5.21. The molecule has 1 aromatic rings. The summed E-state index contributed by atoms with van der Waals surface area (Å²) in [7, 11) is 0. The van der Waals surface area contributed by atoms with Gasteiger partial charge >= 0.3 is 0 Å². The summed E-state index contributed by atoms with van der Waals surface area (Å²) in [6.07, 6.45) is 5.59. The number of nitrogens with zero attached hydrogens (tertiary/aromatic N) is 1. The average molecular weight is 253 g/mol. The fourth-order valence-corrected chi connectivity index (χ4v) is 3.14. The van der Waals surface area contributed by atoms with Gasteiger partial charge in [-0.15, -0.1) is 0 Å². The SMILES string of the molecule is CCN(CC)C(CC)(CC)C(NN)c1ccoc1. The van der Waals surface area contributed by atoms with Gasteiger partial charge in [-0.3, -0.25) is 16.2 Å². The van der Waals surface area contributed by atoms with E-state index in [4.69, 9.17) is 10.3 Å². The molecule has 104 valence electrons. The number of hydrazine groups is 1. The summed E-state index contributed by atoms with van der Waals surface area (Å²) in [5.74, 6) is 5.83. The second-order valence-corrected chi connectivity index (χ2v) is 4.64. The molecule has 3 N–H and O–H groups in total. The van der Waals surface area contributed by atoms with Gasteiger partial charge in [0, 0.05) is 11.1 Å². The van der Waals surface area contributed by atoms with E-state index >= 15 is 0 Å². The molecule has 1 unspecified atom stereocenters. The van der Waals surface area contributed by atoms with Crippen molar-refractivity contribution in [2.75, 3.05) is 13.1 Å². The van der Waals surface area contributed by atoms with Crippen LogP contribution in [0.1, 0.15) is 52.1 Å². The molecule has 0 aliphatic rings. The van der Waals surface area contributed by atoms with Crippen molar-refractivity contribution in [1.82, 2.24) is 10.3 Å². The fourth-order valence-electron chi connectivity index (χ4n) is 3.14. The molecule has 0 amide bonds. The molecule has 0 radical (unpaired) electrons. The third kappa shape index (κ3) is 2.60. The second-order valence-electron chi connectivity index (χ2n) is 4.64. The third-order valence-corrected chi connectivity index (χ3v) is 4.20. The highest BCUT2D eigenvalue weighted by atomic mass is 16.3. The quantitative estimate of drug-likeness (QED) is 0.552. The molecule has 18 heavy (non-hydrogen) atoms. The van der Waals surface area contributed by atoms with E-state index in [0.717, 1.165) is 31.5 Å². The first kappa shape index (κ1) is 15.2. The van der Waals surface area contributed by atoms with Gasteiger partial charge in [-0.05, 0) is 32.0 Å². The Bertz CT molecular complexity index is 316. The van der Waals surface area contributed by atoms with Crippen LogP contribution in [0.4, 0.5) is 0 Å². The fraction of sp³-hybridized carbons (Fsp3) is 0.714. The van der Waals surface area contributed by atoms with Crippen LogP contribution in [0.5, 0.6) is 0 Å². The van der Waals surface area contributed by atoms with Crippen molar-refractivity contribution in [1.29, 1.82) is 0 Å². The minimum atomic E-state index is 0.0299. The Kier molecular flexibility index (Phi) is 5.85. The van der Waals surface area contributed by atoms with E-state index in [1.165, 1.54) is 0 Å². The van der Waals surface area contributed by atoms with Crippen molar-refractivity contribution in [2.24, 2.45) is 5.84 Å². The molecule has 4 heteroatoms. The van der Waals surface area contributed by atoms with Crippen molar-refractivity contribution in [3.05, 3.63) is 24.2 Å². The Morgan fingerprint density at radius 3 is 2.22 bits per heavy atom. The first-order valence-corrected chi connectivity index (χ1v) is 6.93. The van der Waals surface area contributed by atoms with Crippen molar-refractivity contribution < 1.29 is 4.42 Å². The predicted molar refractivity (Wildman–Crippen MR) is 75.0 cm³/mol. The number of hydrogen-bond donors (Lipinski definition) is 2. The molecule has 0 bridgehead atoms. The van der Waals surface area contributed by atoms with E-state index in [2.05, 4.69) is 38.0 Å². The molecule has 0 saturated carbocycles. The second kappa shape index (κ2) is 6.92. The zero-order valence-corrected chi connectivity index (χ0v) is 12.1. The Hall–Kier alpha value is -0.840. The first-order valence-electron chi connectivity index (χ1n) is 6.93. The van der Waals surface area contributed by atoms with Crippen LogP contribution < -0.4 is 11.3 Å². The minimum Gasteiger partial charge on any atom is -0.472 e. The number of rotatable bonds is 8. The average Bonchev–Trinajstić information content (AvgIpc) is 2.92. The van der Waals surface area contributed by atoms with Gasteiger partial charge in [-0.1, -0.05) is 27.7 Å². The summed E-state index contributed by atoms with van der Waals surface area (Å²) in [6, 6.07) is 2.08. The summed E-state index contributed by atoms with van der Waals surface area (Å²) in [4.78, 5) is 2.49. The smallest absolute Gasteiger partial charge is 0.0951 e. The van der Waals surface area contributed by atoms with Crippen LogP contribution >= 0.6 is 0 Å². The van der Waals surface area contributed by atoms with Gasteiger partial charge in [-0.2, -0.15) is 0 Å². The van der Waals surface area contributed by atoms with Crippen LogP contribution in [0, 0.1) is 0 Å². The lowest BCUT2D eigenvalue weighted by Crippen LogP contribution is -2.57. The van der Waals surface area contributed by atoms with Gasteiger partial charge in [0.05, 0.1) is 18.6 Å². The number of hydrogen-bond acceptors (Lipinski definition) is 4. The van der Waals surface area contributed by atoms with Gasteiger partial charge in [0.2, 0.25) is 0 Å². The lowest BCUT2D eigenvalue weighted by molar-refractivity contribution is 0.0485. The van der Waals surface area contributed by atoms with Gasteiger partial charge < -0.3 is 4.42 Å². The molecule has 4 nitrogen and oxygen atoms in total. The molecule has 1 aromatic heterocycles. The molecule has 0 aromatic carbocycles. The molecule has 0 saturated heterocycles. The number of furan rings is 1. The van der Waals surface area contributed by atoms with Crippen LogP contribution in [0.3, 0.4) is 0 Å². The maximum atomic E-state index is 5.83. The van der Waals surface area contributed by atoms with E-state index in [1.807, 2.05) is 6.07 Å². The zero-order valence-electron chi connectivity index (χ0n) is 12.1. The number of likely N-dealkylation sites (N-methyl/N-ethyl adjacent to an activating group) is 1. The summed E-state index contributed by atoms with van der Waals surface area (Å²) >= 11 is 0. The van der Waals surface area contributed by atoms with E-state index in [-0.39, 0.29) is 11.6 Å². The van der Waals surface area contributed by atoms with Gasteiger partial charge in [0.1, 0.15) is 0 Å². The van der Waals surface area contributed by atoms with Crippen molar-refractivity contribution in [3.63, 3.8) is 0 Å². The highest BCUT2D eigenvalue weighted by molar-refractivity contribution is 5.18. The third-order valence-electron chi connectivity index (χ3n) is 4.20.